The summed E-state index contributed by atoms with van der Waals surface area (Å²) in [5, 5.41) is 0. The van der Waals surface area contributed by atoms with Gasteiger partial charge in [-0.1, -0.05) is 19.9 Å². The van der Waals surface area contributed by atoms with Gasteiger partial charge in [-0.25, -0.2) is 0 Å². The SMILES string of the molecule is B/C=C/C(C)(C)c1cc(OC)cc(OC)c1. The lowest BCUT2D eigenvalue weighted by atomic mass is 9.82. The molecule has 0 aliphatic heterocycles. The van der Waals surface area contributed by atoms with Crippen molar-refractivity contribution in [1.29, 1.82) is 0 Å². The molecule has 1 rings (SSSR count). The molecule has 3 heteroatoms. The molecule has 16 heavy (non-hydrogen) atoms. The normalized spacial score (nSPS) is 11.8. The van der Waals surface area contributed by atoms with Crippen LogP contribution in [-0.2, 0) is 5.41 Å². The quantitative estimate of drug-likeness (QED) is 0.720. The number of benzene rings is 1. The number of hydrogen-bond donors (Lipinski definition) is 0. The van der Waals surface area contributed by atoms with Crippen LogP contribution in [0.5, 0.6) is 11.5 Å². The largest absolute Gasteiger partial charge is 0.497 e. The van der Waals surface area contributed by atoms with E-state index in [1.165, 1.54) is 5.56 Å². The van der Waals surface area contributed by atoms with Crippen LogP contribution in [0.15, 0.2) is 30.3 Å². The smallest absolute Gasteiger partial charge is 0.129 e. The van der Waals surface area contributed by atoms with Gasteiger partial charge in [-0.3, -0.25) is 0 Å². The number of allylic oxidation sites excluding steroid dienone is 1. The van der Waals surface area contributed by atoms with Crippen molar-refractivity contribution >= 4 is 7.85 Å². The van der Waals surface area contributed by atoms with E-state index in [-0.39, 0.29) is 5.41 Å². The van der Waals surface area contributed by atoms with E-state index in [1.54, 1.807) is 14.2 Å². The molecule has 0 heterocycles. The fourth-order valence-electron chi connectivity index (χ4n) is 1.69. The summed E-state index contributed by atoms with van der Waals surface area (Å²) in [6.45, 7) is 4.34. The zero-order valence-electron chi connectivity index (χ0n) is 10.7. The lowest BCUT2D eigenvalue weighted by Gasteiger charge is -2.22. The molecule has 0 amide bonds. The van der Waals surface area contributed by atoms with Gasteiger partial charge in [-0.15, -0.1) is 5.98 Å². The monoisotopic (exact) mass is 218 g/mol. The van der Waals surface area contributed by atoms with Gasteiger partial charge >= 0.3 is 0 Å². The van der Waals surface area contributed by atoms with Crippen molar-refractivity contribution in [2.75, 3.05) is 14.2 Å². The lowest BCUT2D eigenvalue weighted by molar-refractivity contribution is 0.392. The molecule has 0 unspecified atom stereocenters. The summed E-state index contributed by atoms with van der Waals surface area (Å²) in [5.74, 6) is 3.71. The van der Waals surface area contributed by atoms with Gasteiger partial charge in [0.05, 0.1) is 14.2 Å². The van der Waals surface area contributed by atoms with Gasteiger partial charge in [-0.05, 0) is 17.7 Å². The molecule has 0 bridgehead atoms. The first-order valence-electron chi connectivity index (χ1n) is 5.41. The third-order valence-electron chi connectivity index (χ3n) is 2.68. The van der Waals surface area contributed by atoms with Gasteiger partial charge in [0.2, 0.25) is 0 Å². The highest BCUT2D eigenvalue weighted by atomic mass is 16.5. The van der Waals surface area contributed by atoms with Crippen molar-refractivity contribution in [1.82, 2.24) is 0 Å². The first kappa shape index (κ1) is 12.7. The second kappa shape index (κ2) is 5.11. The van der Waals surface area contributed by atoms with Gasteiger partial charge in [0.25, 0.3) is 0 Å². The van der Waals surface area contributed by atoms with Crippen LogP contribution < -0.4 is 9.47 Å². The Morgan fingerprint density at radius 2 is 1.56 bits per heavy atom. The number of rotatable bonds is 4. The minimum absolute atomic E-state index is 0.0173. The number of methoxy groups -OCH3 is 2. The number of hydrogen-bond acceptors (Lipinski definition) is 2. The topological polar surface area (TPSA) is 18.5 Å². The van der Waals surface area contributed by atoms with Crippen molar-refractivity contribution in [2.24, 2.45) is 0 Å². The standard InChI is InChI=1S/C13H19BO2/c1-13(2,5-6-14)10-7-11(15-3)9-12(8-10)16-4/h5-9H,14H2,1-4H3/b6-5+. The molecule has 0 aliphatic carbocycles. The molecule has 0 radical (unpaired) electrons. The molecular weight excluding hydrogens is 199 g/mol. The Hall–Kier alpha value is -1.38. The second-order valence-corrected chi connectivity index (χ2v) is 4.32. The molecule has 0 spiro atoms. The predicted octanol–water partition coefficient (Wildman–Crippen LogP) is 2.13. The highest BCUT2D eigenvalue weighted by molar-refractivity contribution is 6.17. The molecule has 86 valence electrons. The maximum Gasteiger partial charge on any atom is 0.129 e. The Bertz CT molecular complexity index is 361. The van der Waals surface area contributed by atoms with E-state index in [2.05, 4.69) is 25.9 Å². The Kier molecular flexibility index (Phi) is 4.05. The van der Waals surface area contributed by atoms with Crippen molar-refractivity contribution in [2.45, 2.75) is 19.3 Å². The maximum atomic E-state index is 5.27. The zero-order valence-corrected chi connectivity index (χ0v) is 10.7. The molecular formula is C13H19BO2. The van der Waals surface area contributed by atoms with Crippen LogP contribution in [0.25, 0.3) is 0 Å². The molecule has 0 aromatic heterocycles. The van der Waals surface area contributed by atoms with E-state index in [1.807, 2.05) is 26.0 Å². The van der Waals surface area contributed by atoms with Crippen molar-refractivity contribution in [3.05, 3.63) is 35.8 Å². The third-order valence-corrected chi connectivity index (χ3v) is 2.68. The lowest BCUT2D eigenvalue weighted by Crippen LogP contribution is -2.13. The average Bonchev–Trinajstić information content (AvgIpc) is 2.28. The first-order valence-corrected chi connectivity index (χ1v) is 5.41. The Morgan fingerprint density at radius 3 is 1.94 bits per heavy atom. The van der Waals surface area contributed by atoms with Crippen LogP contribution >= 0.6 is 0 Å². The summed E-state index contributed by atoms with van der Waals surface area (Å²) in [7, 11) is 5.36. The molecule has 0 saturated heterocycles. The summed E-state index contributed by atoms with van der Waals surface area (Å²) < 4.78 is 10.5. The Morgan fingerprint density at radius 1 is 1.06 bits per heavy atom. The van der Waals surface area contributed by atoms with Crippen molar-refractivity contribution in [3.63, 3.8) is 0 Å². The predicted molar refractivity (Wildman–Crippen MR) is 70.3 cm³/mol. The average molecular weight is 218 g/mol. The summed E-state index contributed by atoms with van der Waals surface area (Å²) >= 11 is 0. The highest BCUT2D eigenvalue weighted by Crippen LogP contribution is 2.31. The molecule has 1 aromatic carbocycles. The minimum Gasteiger partial charge on any atom is -0.497 e. The van der Waals surface area contributed by atoms with Crippen LogP contribution in [0.3, 0.4) is 0 Å². The summed E-state index contributed by atoms with van der Waals surface area (Å²) in [6.07, 6.45) is 2.17. The molecule has 0 aliphatic rings. The van der Waals surface area contributed by atoms with E-state index in [9.17, 15) is 0 Å². The maximum absolute atomic E-state index is 5.27. The third kappa shape index (κ3) is 2.81. The first-order chi connectivity index (χ1) is 7.53. The number of ether oxygens (including phenoxy) is 2. The summed E-state index contributed by atoms with van der Waals surface area (Å²) in [5.41, 5.74) is 1.16. The van der Waals surface area contributed by atoms with E-state index in [4.69, 9.17) is 9.47 Å². The van der Waals surface area contributed by atoms with Gasteiger partial charge in [0.1, 0.15) is 19.3 Å². The van der Waals surface area contributed by atoms with Gasteiger partial charge in [-0.2, -0.15) is 0 Å². The van der Waals surface area contributed by atoms with Crippen LogP contribution in [0.4, 0.5) is 0 Å². The van der Waals surface area contributed by atoms with Gasteiger partial charge in [0, 0.05) is 11.5 Å². The molecule has 0 saturated carbocycles. The molecule has 0 atom stereocenters. The molecule has 1 aromatic rings. The van der Waals surface area contributed by atoms with E-state index < -0.39 is 0 Å². The molecule has 0 fully saturated rings. The van der Waals surface area contributed by atoms with E-state index >= 15 is 0 Å². The van der Waals surface area contributed by atoms with E-state index in [0.717, 1.165) is 11.5 Å². The van der Waals surface area contributed by atoms with Crippen LogP contribution in [0, 0.1) is 0 Å². The Balaban J connectivity index is 3.22. The molecule has 2 nitrogen and oxygen atoms in total. The summed E-state index contributed by atoms with van der Waals surface area (Å²) in [4.78, 5) is 0. The fraction of sp³-hybridized carbons (Fsp3) is 0.385. The van der Waals surface area contributed by atoms with Gasteiger partial charge in [0.15, 0.2) is 0 Å². The van der Waals surface area contributed by atoms with Crippen LogP contribution in [0.1, 0.15) is 19.4 Å². The Labute approximate surface area is 98.7 Å². The van der Waals surface area contributed by atoms with Crippen molar-refractivity contribution in [3.8, 4) is 11.5 Å². The van der Waals surface area contributed by atoms with Crippen molar-refractivity contribution < 1.29 is 9.47 Å². The minimum atomic E-state index is -0.0173. The highest BCUT2D eigenvalue weighted by Gasteiger charge is 2.18. The fourth-order valence-corrected chi connectivity index (χ4v) is 1.69. The zero-order chi connectivity index (χ0) is 12.2. The van der Waals surface area contributed by atoms with Crippen LogP contribution in [0.2, 0.25) is 0 Å². The van der Waals surface area contributed by atoms with Crippen LogP contribution in [-0.4, -0.2) is 22.1 Å². The molecule has 0 N–H and O–H groups in total. The van der Waals surface area contributed by atoms with Gasteiger partial charge < -0.3 is 9.47 Å². The summed E-state index contributed by atoms with van der Waals surface area (Å²) in [6, 6.07) is 5.97. The second-order valence-electron chi connectivity index (χ2n) is 4.32. The van der Waals surface area contributed by atoms with E-state index in [0.29, 0.717) is 0 Å².